The fourth-order valence-electron chi connectivity index (χ4n) is 8.02. The van der Waals surface area contributed by atoms with Crippen molar-refractivity contribution in [3.63, 3.8) is 0 Å². The molecule has 0 heteroatoms. The third kappa shape index (κ3) is 21.2. The Kier molecular flexibility index (Phi) is 28.3. The molecule has 0 heterocycles. The molecule has 0 fully saturated rings. The van der Waals surface area contributed by atoms with Crippen LogP contribution >= 0.6 is 0 Å². The number of rotatable bonds is 38. The summed E-state index contributed by atoms with van der Waals surface area (Å²) in [6.07, 6.45) is 55.5. The average Bonchev–Trinajstić information content (AvgIpc) is 3.05. The van der Waals surface area contributed by atoms with E-state index >= 15 is 0 Å². The molecule has 2 aliphatic rings. The van der Waals surface area contributed by atoms with Gasteiger partial charge < -0.3 is 0 Å². The van der Waals surface area contributed by atoms with E-state index in [0.717, 1.165) is 0 Å². The Labute approximate surface area is 290 Å². The largest absolute Gasteiger partial charge is 0.0654 e. The predicted molar refractivity (Wildman–Crippen MR) is 209 cm³/mol. The van der Waals surface area contributed by atoms with Crippen molar-refractivity contribution in [3.05, 3.63) is 33.7 Å². The third-order valence-corrected chi connectivity index (χ3v) is 11.3. The first kappa shape index (κ1) is 41.4. The van der Waals surface area contributed by atoms with E-state index in [1.54, 1.807) is 21.6 Å². The Hall–Kier alpha value is -0.780. The maximum Gasteiger partial charge on any atom is -0.0146 e. The Balaban J connectivity index is 1.30. The van der Waals surface area contributed by atoms with Crippen molar-refractivity contribution >= 4 is 0 Å². The zero-order chi connectivity index (χ0) is 32.6. The Morgan fingerprint density at radius 1 is 0.239 bits per heavy atom. The Morgan fingerprint density at radius 2 is 0.413 bits per heavy atom. The predicted octanol–water partition coefficient (Wildman–Crippen LogP) is 16.5. The summed E-state index contributed by atoms with van der Waals surface area (Å²) in [6.45, 7) is 4.62. The summed E-state index contributed by atoms with van der Waals surface area (Å²) in [5, 5.41) is 3.29. The van der Waals surface area contributed by atoms with Crippen LogP contribution in [0.3, 0.4) is 0 Å². The van der Waals surface area contributed by atoms with Gasteiger partial charge in [0.05, 0.1) is 0 Å². The second-order valence-corrected chi connectivity index (χ2v) is 15.6. The van der Waals surface area contributed by atoms with Crippen LogP contribution in [0.5, 0.6) is 0 Å². The van der Waals surface area contributed by atoms with Crippen molar-refractivity contribution in [1.82, 2.24) is 0 Å². The molecular weight excluding hydrogens is 553 g/mol. The van der Waals surface area contributed by atoms with E-state index < -0.39 is 0 Å². The van der Waals surface area contributed by atoms with E-state index in [-0.39, 0.29) is 0 Å². The molecular formula is C46H84. The molecule has 0 spiro atoms. The molecule has 0 aromatic rings. The van der Waals surface area contributed by atoms with Crippen LogP contribution in [0, 0.1) is 10.4 Å². The summed E-state index contributed by atoms with van der Waals surface area (Å²) in [6, 6.07) is 4.77. The van der Waals surface area contributed by atoms with Crippen LogP contribution in [0.25, 0.3) is 0 Å². The van der Waals surface area contributed by atoms with Gasteiger partial charge in [0.25, 0.3) is 0 Å². The van der Waals surface area contributed by atoms with Crippen LogP contribution in [-0.4, -0.2) is 0 Å². The minimum absolute atomic E-state index is 1.36. The highest BCUT2D eigenvalue weighted by Crippen LogP contribution is 2.28. The quantitative estimate of drug-likeness (QED) is 0.0643. The summed E-state index contributed by atoms with van der Waals surface area (Å²) in [5.41, 5.74) is 3.53. The third-order valence-electron chi connectivity index (χ3n) is 11.3. The van der Waals surface area contributed by atoms with Crippen LogP contribution in [0.2, 0.25) is 0 Å². The van der Waals surface area contributed by atoms with E-state index in [9.17, 15) is 0 Å². The second kappa shape index (κ2) is 31.5. The van der Waals surface area contributed by atoms with Gasteiger partial charge in [-0.25, -0.2) is 0 Å². The molecule has 0 N–H and O–H groups in total. The van der Waals surface area contributed by atoms with Crippen LogP contribution < -0.4 is 0 Å². The molecule has 2 rings (SSSR count). The van der Waals surface area contributed by atoms with Crippen LogP contribution in [0.1, 0.15) is 256 Å². The zero-order valence-electron chi connectivity index (χ0n) is 32.0. The first-order valence-corrected chi connectivity index (χ1v) is 22.0. The molecule has 0 unspecified atom stereocenters. The molecule has 0 aromatic heterocycles. The van der Waals surface area contributed by atoms with Crippen LogP contribution in [-0.2, 0) is 12.8 Å². The molecule has 0 saturated carbocycles. The molecule has 0 aliphatic heterocycles. The van der Waals surface area contributed by atoms with Crippen molar-refractivity contribution in [2.45, 2.75) is 258 Å². The lowest BCUT2D eigenvalue weighted by atomic mass is 9.84. The fourth-order valence-corrected chi connectivity index (χ4v) is 8.02. The van der Waals surface area contributed by atoms with Crippen molar-refractivity contribution in [2.75, 3.05) is 0 Å². The fraction of sp³-hybridized carbons (Fsp3) is 0.870. The average molecular weight is 637 g/mol. The van der Waals surface area contributed by atoms with Gasteiger partial charge >= 0.3 is 0 Å². The van der Waals surface area contributed by atoms with Gasteiger partial charge in [-0.3, -0.25) is 0 Å². The molecule has 0 atom stereocenters. The molecule has 0 amide bonds. The number of unbranched alkanes of at least 4 members (excludes halogenated alkanes) is 34. The molecule has 0 aromatic carbocycles. The van der Waals surface area contributed by atoms with Gasteiger partial charge in [0.2, 0.25) is 0 Å². The van der Waals surface area contributed by atoms with Crippen LogP contribution in [0.4, 0.5) is 0 Å². The van der Waals surface area contributed by atoms with Gasteiger partial charge in [0.1, 0.15) is 0 Å². The van der Waals surface area contributed by atoms with Gasteiger partial charge in [0, 0.05) is 0 Å². The Bertz CT molecular complexity index is 794. The van der Waals surface area contributed by atoms with Gasteiger partial charge in [0.15, 0.2) is 0 Å². The van der Waals surface area contributed by atoms with Crippen LogP contribution in [0.15, 0.2) is 12.1 Å². The van der Waals surface area contributed by atoms with Crippen molar-refractivity contribution < 1.29 is 0 Å². The summed E-state index contributed by atoms with van der Waals surface area (Å²) >= 11 is 0. The second-order valence-electron chi connectivity index (χ2n) is 15.6. The van der Waals surface area contributed by atoms with Gasteiger partial charge in [-0.2, -0.15) is 0 Å². The van der Waals surface area contributed by atoms with E-state index in [1.807, 2.05) is 0 Å². The zero-order valence-corrected chi connectivity index (χ0v) is 32.0. The lowest BCUT2D eigenvalue weighted by molar-refractivity contribution is 0.524. The highest BCUT2D eigenvalue weighted by Gasteiger charge is 2.15. The lowest BCUT2D eigenvalue weighted by Gasteiger charge is -2.20. The summed E-state index contributed by atoms with van der Waals surface area (Å²) in [5.74, 6) is 0. The van der Waals surface area contributed by atoms with Crippen molar-refractivity contribution in [1.29, 1.82) is 0 Å². The molecule has 268 valence electrons. The first-order chi connectivity index (χ1) is 22.9. The Morgan fingerprint density at radius 3 is 0.587 bits per heavy atom. The normalized spacial score (nSPS) is 12.0. The molecule has 0 bridgehead atoms. The van der Waals surface area contributed by atoms with E-state index in [0.29, 0.717) is 0 Å². The van der Waals surface area contributed by atoms with Gasteiger partial charge in [-0.15, -0.1) is 0 Å². The highest BCUT2D eigenvalue weighted by atomic mass is 14.2. The van der Waals surface area contributed by atoms with E-state index in [4.69, 9.17) is 0 Å². The summed E-state index contributed by atoms with van der Waals surface area (Å²) in [4.78, 5) is 0. The monoisotopic (exact) mass is 637 g/mol. The summed E-state index contributed by atoms with van der Waals surface area (Å²) in [7, 11) is 0. The first-order valence-electron chi connectivity index (χ1n) is 22.0. The maximum atomic E-state index is 2.39. The molecule has 0 saturated heterocycles. The standard InChI is InChI=1S/C46H84/c1-3-5-7-9-11-13-15-17-19-21-23-25-27-29-31-33-35-37-39-43-44(46-42-41-45(43)46)40-38-36-34-32-30-28-26-24-22-20-18-16-14-12-10-8-6-4-2/h41-42H,3-40H2,1-2H3. The van der Waals surface area contributed by atoms with E-state index in [1.165, 1.54) is 244 Å². The maximum absolute atomic E-state index is 2.39. The van der Waals surface area contributed by atoms with Gasteiger partial charge in [-0.1, -0.05) is 244 Å². The number of hydrogen-bond acceptors (Lipinski definition) is 0. The number of hydrogen-bond donors (Lipinski definition) is 0. The molecule has 46 heavy (non-hydrogen) atoms. The molecule has 0 nitrogen and oxygen atoms in total. The minimum atomic E-state index is 1.36. The highest BCUT2D eigenvalue weighted by molar-refractivity contribution is 5.43. The van der Waals surface area contributed by atoms with Gasteiger partial charge in [-0.05, 0) is 47.2 Å². The minimum Gasteiger partial charge on any atom is -0.0654 e. The summed E-state index contributed by atoms with van der Waals surface area (Å²) < 4.78 is 0. The molecule has 0 radical (unpaired) electrons. The molecule has 2 aliphatic carbocycles. The smallest absolute Gasteiger partial charge is 0.0146 e. The van der Waals surface area contributed by atoms with Crippen molar-refractivity contribution in [2.24, 2.45) is 0 Å². The SMILES string of the molecule is CCCCCCCCCCCCCCCCCCCCc1c(CCCCCCCCCCCCCCCCCCCC)c2ccc1=2. The van der Waals surface area contributed by atoms with E-state index in [2.05, 4.69) is 26.0 Å². The number of benzene rings is 1. The van der Waals surface area contributed by atoms with Crippen molar-refractivity contribution in [3.8, 4) is 0 Å². The topological polar surface area (TPSA) is 0 Å². The lowest BCUT2D eigenvalue weighted by Crippen LogP contribution is -2.07.